The molecule has 0 bridgehead atoms. The van der Waals surface area contributed by atoms with Gasteiger partial charge in [0.1, 0.15) is 6.61 Å². The Morgan fingerprint density at radius 2 is 1.12 bits per heavy atom. The first-order valence-electron chi connectivity index (χ1n) is 19.9. The summed E-state index contributed by atoms with van der Waals surface area (Å²) in [6.07, 6.45) is 38.7. The number of unbranched alkanes of at least 4 members (excludes halogenated alkanes) is 14. The summed E-state index contributed by atoms with van der Waals surface area (Å²) in [5.74, 6) is -0.837. The lowest BCUT2D eigenvalue weighted by molar-refractivity contribution is -0.161. The predicted molar refractivity (Wildman–Crippen MR) is 211 cm³/mol. The molecule has 2 unspecified atom stereocenters. The quantitative estimate of drug-likeness (QED) is 0.0290. The molecule has 0 fully saturated rings. The molecule has 0 saturated carbocycles. The van der Waals surface area contributed by atoms with Gasteiger partial charge in [-0.2, -0.15) is 0 Å². The van der Waals surface area contributed by atoms with Crippen molar-refractivity contribution in [1.82, 2.24) is 4.90 Å². The van der Waals surface area contributed by atoms with Crippen LogP contribution >= 0.6 is 7.82 Å². The number of carbonyl (C=O) groups is 2. The zero-order valence-electron chi connectivity index (χ0n) is 32.8. The SMILES string of the molecule is CC/C=C\C/C=C\C/C=C\CCCCCCCC(=O)OCC(COP(=O)(O)OCCN(C)C)OC(=O)CCCCCCC/C=C\CCCCCC. The van der Waals surface area contributed by atoms with Crippen molar-refractivity contribution in [2.75, 3.05) is 40.5 Å². The first-order chi connectivity index (χ1) is 24.7. The zero-order chi connectivity index (χ0) is 37.7. The van der Waals surface area contributed by atoms with Crippen molar-refractivity contribution < 1.29 is 37.6 Å². The molecule has 0 aliphatic carbocycles. The van der Waals surface area contributed by atoms with Gasteiger partial charge in [0.25, 0.3) is 0 Å². The normalized spacial score (nSPS) is 14.0. The summed E-state index contributed by atoms with van der Waals surface area (Å²) in [5, 5.41) is 0. The van der Waals surface area contributed by atoms with Crippen molar-refractivity contribution in [1.29, 1.82) is 0 Å². The topological polar surface area (TPSA) is 112 Å². The standard InChI is InChI=1S/C41H74NO8P/c1-5-7-9-11-13-15-17-19-20-22-23-25-27-29-31-33-40(43)47-37-39(38-49-51(45,46)48-36-35-42(3)4)50-41(44)34-32-30-28-26-24-21-18-16-14-12-10-8-6-2/h7,9,13,15-16,18-20,39H,5-6,8,10-12,14,17,21-38H2,1-4H3,(H,45,46)/b9-7-,15-13-,18-16-,20-19-. The molecule has 9 nitrogen and oxygen atoms in total. The maximum Gasteiger partial charge on any atom is 0.472 e. The highest BCUT2D eigenvalue weighted by molar-refractivity contribution is 7.47. The molecule has 0 rings (SSSR count). The van der Waals surface area contributed by atoms with Crippen molar-refractivity contribution in [3.05, 3.63) is 48.6 Å². The van der Waals surface area contributed by atoms with E-state index >= 15 is 0 Å². The molecule has 1 N–H and O–H groups in total. The van der Waals surface area contributed by atoms with Gasteiger partial charge < -0.3 is 19.3 Å². The largest absolute Gasteiger partial charge is 0.472 e. The lowest BCUT2D eigenvalue weighted by Gasteiger charge is -2.20. The van der Waals surface area contributed by atoms with E-state index < -0.39 is 32.5 Å². The lowest BCUT2D eigenvalue weighted by Crippen LogP contribution is -2.29. The third kappa shape index (κ3) is 37.5. The molecule has 296 valence electrons. The number of ether oxygens (including phenoxy) is 2. The molecule has 0 aromatic heterocycles. The highest BCUT2D eigenvalue weighted by atomic mass is 31.2. The molecular weight excluding hydrogens is 665 g/mol. The van der Waals surface area contributed by atoms with Crippen LogP contribution in [0.5, 0.6) is 0 Å². The van der Waals surface area contributed by atoms with Crippen LogP contribution in [0.25, 0.3) is 0 Å². The number of carbonyl (C=O) groups excluding carboxylic acids is 2. The molecule has 0 aliphatic rings. The van der Waals surface area contributed by atoms with E-state index in [9.17, 15) is 19.0 Å². The Bertz CT molecular complexity index is 994. The summed E-state index contributed by atoms with van der Waals surface area (Å²) in [5.41, 5.74) is 0. The monoisotopic (exact) mass is 740 g/mol. The fourth-order valence-corrected chi connectivity index (χ4v) is 5.79. The van der Waals surface area contributed by atoms with E-state index in [-0.39, 0.29) is 26.1 Å². The summed E-state index contributed by atoms with van der Waals surface area (Å²) < 4.78 is 33.3. The van der Waals surface area contributed by atoms with Gasteiger partial charge in [0, 0.05) is 19.4 Å². The minimum atomic E-state index is -4.36. The van der Waals surface area contributed by atoms with Gasteiger partial charge in [0.05, 0.1) is 13.2 Å². The summed E-state index contributed by atoms with van der Waals surface area (Å²) in [4.78, 5) is 36.9. The van der Waals surface area contributed by atoms with Crippen molar-refractivity contribution in [2.45, 2.75) is 161 Å². The van der Waals surface area contributed by atoms with Gasteiger partial charge in [0.2, 0.25) is 0 Å². The number of hydrogen-bond acceptors (Lipinski definition) is 8. The van der Waals surface area contributed by atoms with Crippen molar-refractivity contribution in [3.63, 3.8) is 0 Å². The zero-order valence-corrected chi connectivity index (χ0v) is 33.7. The number of likely N-dealkylation sites (N-methyl/N-ethyl adjacent to an activating group) is 1. The third-order valence-electron chi connectivity index (χ3n) is 8.12. The highest BCUT2D eigenvalue weighted by Crippen LogP contribution is 2.43. The molecular formula is C41H74NO8P. The van der Waals surface area contributed by atoms with Gasteiger partial charge in [0.15, 0.2) is 6.10 Å². The Kier molecular flexibility index (Phi) is 34.9. The van der Waals surface area contributed by atoms with Gasteiger partial charge >= 0.3 is 19.8 Å². The van der Waals surface area contributed by atoms with Crippen LogP contribution in [0.1, 0.15) is 155 Å². The molecule has 0 aromatic carbocycles. The molecule has 0 radical (unpaired) electrons. The van der Waals surface area contributed by atoms with Gasteiger partial charge in [-0.1, -0.05) is 120 Å². The van der Waals surface area contributed by atoms with Crippen molar-refractivity contribution in [2.24, 2.45) is 0 Å². The number of phosphoric ester groups is 1. The molecule has 10 heteroatoms. The maximum absolute atomic E-state index is 12.6. The first kappa shape index (κ1) is 49.0. The van der Waals surface area contributed by atoms with Crippen LogP contribution in [-0.2, 0) is 32.7 Å². The van der Waals surface area contributed by atoms with Gasteiger partial charge in [-0.05, 0) is 84.7 Å². The number of esters is 2. The average molecular weight is 740 g/mol. The minimum absolute atomic E-state index is 0.00127. The Labute approximate surface area is 311 Å². The van der Waals surface area contributed by atoms with Crippen molar-refractivity contribution >= 4 is 19.8 Å². The second kappa shape index (κ2) is 36.3. The number of hydrogen-bond donors (Lipinski definition) is 1. The average Bonchev–Trinajstić information content (AvgIpc) is 3.09. The summed E-state index contributed by atoms with van der Waals surface area (Å²) in [6.45, 7) is 4.15. The van der Waals surface area contributed by atoms with Crippen LogP contribution in [0.2, 0.25) is 0 Å². The Balaban J connectivity index is 4.39. The summed E-state index contributed by atoms with van der Waals surface area (Å²) >= 11 is 0. The van der Waals surface area contributed by atoms with Gasteiger partial charge in [-0.15, -0.1) is 0 Å². The molecule has 0 spiro atoms. The Morgan fingerprint density at radius 3 is 1.69 bits per heavy atom. The first-order valence-corrected chi connectivity index (χ1v) is 21.4. The molecule has 51 heavy (non-hydrogen) atoms. The van der Waals surface area contributed by atoms with Crippen LogP contribution in [0.4, 0.5) is 0 Å². The van der Waals surface area contributed by atoms with E-state index in [1.54, 1.807) is 0 Å². The van der Waals surface area contributed by atoms with E-state index in [1.165, 1.54) is 32.1 Å². The number of nitrogens with zero attached hydrogens (tertiary/aromatic N) is 1. The minimum Gasteiger partial charge on any atom is -0.462 e. The maximum atomic E-state index is 12.6. The molecule has 2 atom stereocenters. The van der Waals surface area contributed by atoms with E-state index in [0.717, 1.165) is 83.5 Å². The van der Waals surface area contributed by atoms with Gasteiger partial charge in [-0.3, -0.25) is 18.6 Å². The van der Waals surface area contributed by atoms with Crippen molar-refractivity contribution in [3.8, 4) is 0 Å². The molecule has 0 aliphatic heterocycles. The Hall–Kier alpha value is -2.03. The number of allylic oxidation sites excluding steroid dienone is 8. The highest BCUT2D eigenvalue weighted by Gasteiger charge is 2.26. The second-order valence-corrected chi connectivity index (χ2v) is 14.9. The summed E-state index contributed by atoms with van der Waals surface area (Å²) in [7, 11) is -0.727. The fraction of sp³-hybridized carbons (Fsp3) is 0.756. The van der Waals surface area contributed by atoms with E-state index in [4.69, 9.17) is 18.5 Å². The third-order valence-corrected chi connectivity index (χ3v) is 9.10. The van der Waals surface area contributed by atoms with Crippen LogP contribution in [-0.4, -0.2) is 68.3 Å². The Morgan fingerprint density at radius 1 is 0.627 bits per heavy atom. The second-order valence-electron chi connectivity index (χ2n) is 13.4. The van der Waals surface area contributed by atoms with Crippen LogP contribution in [0, 0.1) is 0 Å². The number of phosphoric acid groups is 1. The predicted octanol–water partition coefficient (Wildman–Crippen LogP) is 11.0. The smallest absolute Gasteiger partial charge is 0.462 e. The fourth-order valence-electron chi connectivity index (χ4n) is 5.05. The molecule has 0 amide bonds. The van der Waals surface area contributed by atoms with Crippen LogP contribution in [0.15, 0.2) is 48.6 Å². The summed E-state index contributed by atoms with van der Waals surface area (Å²) in [6, 6.07) is 0. The molecule has 0 aromatic rings. The molecule has 0 heterocycles. The van der Waals surface area contributed by atoms with Crippen LogP contribution < -0.4 is 0 Å². The lowest BCUT2D eigenvalue weighted by atomic mass is 10.1. The molecule has 0 saturated heterocycles. The van der Waals surface area contributed by atoms with E-state index in [2.05, 4.69) is 62.5 Å². The van der Waals surface area contributed by atoms with Crippen LogP contribution in [0.3, 0.4) is 0 Å². The van der Waals surface area contributed by atoms with Gasteiger partial charge in [-0.25, -0.2) is 4.57 Å². The van der Waals surface area contributed by atoms with E-state index in [0.29, 0.717) is 19.4 Å². The van der Waals surface area contributed by atoms with E-state index in [1.807, 2.05) is 19.0 Å². The number of rotatable bonds is 36.